The second-order valence-electron chi connectivity index (χ2n) is 8.04. The van der Waals surface area contributed by atoms with Crippen LogP contribution >= 0.6 is 0 Å². The number of rotatable bonds is 6. The summed E-state index contributed by atoms with van der Waals surface area (Å²) in [6.45, 7) is 27.4. The van der Waals surface area contributed by atoms with Gasteiger partial charge in [-0.3, -0.25) is 4.90 Å². The van der Waals surface area contributed by atoms with Gasteiger partial charge in [-0.1, -0.05) is 41.5 Å². The molecule has 0 aliphatic carbocycles. The van der Waals surface area contributed by atoms with Gasteiger partial charge in [0, 0.05) is 18.1 Å². The van der Waals surface area contributed by atoms with Crippen molar-refractivity contribution in [2.75, 3.05) is 0 Å². The maximum absolute atomic E-state index is 2.50. The maximum atomic E-state index is 2.50. The van der Waals surface area contributed by atoms with Gasteiger partial charge in [-0.25, -0.2) is 0 Å². The van der Waals surface area contributed by atoms with Gasteiger partial charge in [0.05, 0.1) is 0 Å². The fourth-order valence-electron chi connectivity index (χ4n) is 4.10. The highest BCUT2D eigenvalue weighted by atomic mass is 15.2. The van der Waals surface area contributed by atoms with Crippen molar-refractivity contribution in [2.24, 2.45) is 23.7 Å². The van der Waals surface area contributed by atoms with Crippen LogP contribution in [0.5, 0.6) is 0 Å². The third kappa shape index (κ3) is 9.00. The molecule has 0 heterocycles. The van der Waals surface area contributed by atoms with Crippen molar-refractivity contribution in [2.45, 2.75) is 101 Å². The number of hydrogen-bond donors (Lipinski definition) is 0. The van der Waals surface area contributed by atoms with Crippen molar-refractivity contribution in [3.8, 4) is 0 Å². The van der Waals surface area contributed by atoms with Crippen LogP contribution in [0.3, 0.4) is 0 Å². The molecule has 0 aliphatic heterocycles. The highest BCUT2D eigenvalue weighted by Crippen LogP contribution is 2.27. The topological polar surface area (TPSA) is 3.24 Å². The monoisotopic (exact) mass is 285 g/mol. The number of nitrogens with zero attached hydrogens (tertiary/aromatic N) is 1. The molecular formula is C19H43N. The van der Waals surface area contributed by atoms with Crippen molar-refractivity contribution in [3.63, 3.8) is 0 Å². The van der Waals surface area contributed by atoms with Crippen molar-refractivity contribution < 1.29 is 0 Å². The highest BCUT2D eigenvalue weighted by Gasteiger charge is 2.20. The molecule has 0 amide bonds. The molecule has 0 aromatic carbocycles. The fourth-order valence-corrected chi connectivity index (χ4v) is 4.10. The van der Waals surface area contributed by atoms with Crippen LogP contribution in [-0.2, 0) is 0 Å². The summed E-state index contributed by atoms with van der Waals surface area (Å²) >= 11 is 0. The van der Waals surface area contributed by atoms with Crippen molar-refractivity contribution >= 4 is 0 Å². The molecule has 0 aromatic rings. The minimum Gasteiger partial charge on any atom is -0.296 e. The van der Waals surface area contributed by atoms with Crippen LogP contribution in [0.1, 0.15) is 83.1 Å². The molecule has 1 heteroatoms. The molecule has 0 radical (unpaired) electrons. The first-order valence-electron chi connectivity index (χ1n) is 8.70. The van der Waals surface area contributed by atoms with E-state index >= 15 is 0 Å². The fraction of sp³-hybridized carbons (Fsp3) is 1.00. The molecule has 0 spiro atoms. The molecule has 0 fully saturated rings. The first-order chi connectivity index (χ1) is 8.93. The van der Waals surface area contributed by atoms with E-state index in [1.165, 1.54) is 0 Å². The van der Waals surface area contributed by atoms with Crippen molar-refractivity contribution in [1.29, 1.82) is 0 Å². The SMILES string of the molecule is CC(C)C(C(C)C)C(C)C.CC(C)N(C(C)C)C(C)C. The van der Waals surface area contributed by atoms with Gasteiger partial charge in [0.15, 0.2) is 0 Å². The van der Waals surface area contributed by atoms with Gasteiger partial charge in [0.1, 0.15) is 0 Å². The lowest BCUT2D eigenvalue weighted by atomic mass is 9.78. The molecule has 0 aliphatic rings. The van der Waals surface area contributed by atoms with Gasteiger partial charge in [0.25, 0.3) is 0 Å². The Morgan fingerprint density at radius 1 is 0.400 bits per heavy atom. The number of hydrogen-bond acceptors (Lipinski definition) is 1. The summed E-state index contributed by atoms with van der Waals surface area (Å²) in [6.07, 6.45) is 0. The van der Waals surface area contributed by atoms with E-state index in [2.05, 4.69) is 88.0 Å². The molecule has 0 saturated heterocycles. The summed E-state index contributed by atoms with van der Waals surface area (Å²) in [7, 11) is 0. The minimum atomic E-state index is 0.667. The van der Waals surface area contributed by atoms with Crippen LogP contribution < -0.4 is 0 Å². The molecule has 20 heavy (non-hydrogen) atoms. The molecule has 0 saturated carbocycles. The van der Waals surface area contributed by atoms with E-state index in [0.717, 1.165) is 23.7 Å². The van der Waals surface area contributed by atoms with Gasteiger partial charge in [0.2, 0.25) is 0 Å². The van der Waals surface area contributed by atoms with Crippen molar-refractivity contribution in [3.05, 3.63) is 0 Å². The molecule has 0 atom stereocenters. The normalized spacial score (nSPS) is 12.6. The average Bonchev–Trinajstić information content (AvgIpc) is 2.12. The third-order valence-corrected chi connectivity index (χ3v) is 4.10. The molecule has 124 valence electrons. The molecule has 0 unspecified atom stereocenters. The van der Waals surface area contributed by atoms with Gasteiger partial charge >= 0.3 is 0 Å². The standard InChI is InChI=1S/C10H22.C9H21N/c2*1-7(2)10(8(3)4)9(5)6/h7-10H,1-6H3;7-9H,1-6H3. The van der Waals surface area contributed by atoms with Crippen LogP contribution in [0.4, 0.5) is 0 Å². The first-order valence-corrected chi connectivity index (χ1v) is 8.70. The van der Waals surface area contributed by atoms with Gasteiger partial charge < -0.3 is 0 Å². The quantitative estimate of drug-likeness (QED) is 0.571. The van der Waals surface area contributed by atoms with E-state index < -0.39 is 0 Å². The summed E-state index contributed by atoms with van der Waals surface area (Å²) in [5, 5.41) is 0. The van der Waals surface area contributed by atoms with E-state index in [1.807, 2.05) is 0 Å². The Balaban J connectivity index is 0. The zero-order valence-electron chi connectivity index (χ0n) is 16.5. The Bertz CT molecular complexity index is 152. The molecule has 0 rings (SSSR count). The second-order valence-corrected chi connectivity index (χ2v) is 8.04. The summed E-state index contributed by atoms with van der Waals surface area (Å²) in [5.41, 5.74) is 0. The van der Waals surface area contributed by atoms with E-state index in [-0.39, 0.29) is 0 Å². The first kappa shape index (κ1) is 22.2. The molecule has 0 aromatic heterocycles. The lowest BCUT2D eigenvalue weighted by Gasteiger charge is -2.34. The summed E-state index contributed by atoms with van der Waals surface area (Å²) in [4.78, 5) is 2.50. The van der Waals surface area contributed by atoms with E-state index in [1.54, 1.807) is 0 Å². The molecular weight excluding hydrogens is 242 g/mol. The summed E-state index contributed by atoms with van der Waals surface area (Å²) < 4.78 is 0. The Kier molecular flexibility index (Phi) is 11.8. The lowest BCUT2D eigenvalue weighted by molar-refractivity contribution is 0.133. The van der Waals surface area contributed by atoms with Gasteiger partial charge in [-0.05, 0) is 65.2 Å². The van der Waals surface area contributed by atoms with Crippen molar-refractivity contribution in [1.82, 2.24) is 4.90 Å². The molecule has 0 N–H and O–H groups in total. The summed E-state index contributed by atoms with van der Waals surface area (Å²) in [6, 6.07) is 2.00. The zero-order chi connectivity index (χ0) is 16.6. The van der Waals surface area contributed by atoms with Crippen LogP contribution in [0, 0.1) is 23.7 Å². The van der Waals surface area contributed by atoms with Gasteiger partial charge in [-0.2, -0.15) is 0 Å². The lowest BCUT2D eigenvalue weighted by Crippen LogP contribution is -2.42. The highest BCUT2D eigenvalue weighted by molar-refractivity contribution is 4.70. The maximum Gasteiger partial charge on any atom is 0.00439 e. The Labute approximate surface area is 130 Å². The molecule has 1 nitrogen and oxygen atoms in total. The van der Waals surface area contributed by atoms with Crippen LogP contribution in [0.15, 0.2) is 0 Å². The van der Waals surface area contributed by atoms with E-state index in [9.17, 15) is 0 Å². The molecule has 0 bridgehead atoms. The second kappa shape index (κ2) is 10.7. The largest absolute Gasteiger partial charge is 0.296 e. The predicted molar refractivity (Wildman–Crippen MR) is 95.3 cm³/mol. The average molecular weight is 286 g/mol. The van der Waals surface area contributed by atoms with E-state index in [4.69, 9.17) is 0 Å². The van der Waals surface area contributed by atoms with Crippen LogP contribution in [-0.4, -0.2) is 23.0 Å². The third-order valence-electron chi connectivity index (χ3n) is 4.10. The van der Waals surface area contributed by atoms with Gasteiger partial charge in [-0.15, -0.1) is 0 Å². The van der Waals surface area contributed by atoms with E-state index in [0.29, 0.717) is 18.1 Å². The predicted octanol–water partition coefficient (Wildman–Crippen LogP) is 6.08. The Hall–Kier alpha value is -0.0400. The smallest absolute Gasteiger partial charge is 0.00439 e. The Morgan fingerprint density at radius 3 is 0.600 bits per heavy atom. The Morgan fingerprint density at radius 2 is 0.600 bits per heavy atom. The van der Waals surface area contributed by atoms with Crippen LogP contribution in [0.25, 0.3) is 0 Å². The summed E-state index contributed by atoms with van der Waals surface area (Å²) in [5.74, 6) is 3.39. The van der Waals surface area contributed by atoms with Crippen LogP contribution in [0.2, 0.25) is 0 Å². The minimum absolute atomic E-state index is 0.667. The zero-order valence-corrected chi connectivity index (χ0v) is 16.5.